The maximum absolute atomic E-state index is 11.8. The molecule has 0 aliphatic heterocycles. The number of ketones is 1. The van der Waals surface area contributed by atoms with Crippen LogP contribution in [-0.2, 0) is 6.54 Å². The van der Waals surface area contributed by atoms with Crippen LogP contribution in [0.25, 0.3) is 0 Å². The second kappa shape index (κ2) is 6.27. The number of rotatable bonds is 6. The zero-order chi connectivity index (χ0) is 12.1. The average Bonchev–Trinajstić information content (AvgIpc) is 2.57. The van der Waals surface area contributed by atoms with Gasteiger partial charge in [0.1, 0.15) is 5.69 Å². The molecule has 0 aliphatic rings. The van der Waals surface area contributed by atoms with Crippen LogP contribution in [0.1, 0.15) is 10.5 Å². The van der Waals surface area contributed by atoms with Gasteiger partial charge in [0.15, 0.2) is 5.78 Å². The molecule has 4 nitrogen and oxygen atoms in total. The third-order valence-corrected chi connectivity index (χ3v) is 2.92. The summed E-state index contributed by atoms with van der Waals surface area (Å²) in [6.07, 6.45) is 3.43. The molecule has 0 N–H and O–H groups in total. The van der Waals surface area contributed by atoms with Crippen LogP contribution in [0.2, 0.25) is 5.02 Å². The van der Waals surface area contributed by atoms with Gasteiger partial charge >= 0.3 is 0 Å². The molecule has 0 atom stereocenters. The molecule has 0 radical (unpaired) electrons. The van der Waals surface area contributed by atoms with E-state index in [4.69, 9.17) is 11.6 Å². The molecule has 0 saturated heterocycles. The molecule has 0 fully saturated rings. The Morgan fingerprint density at radius 1 is 1.62 bits per heavy atom. The maximum atomic E-state index is 11.8. The molecule has 1 aromatic rings. The number of hydrogen-bond donors (Lipinski definition) is 0. The van der Waals surface area contributed by atoms with E-state index in [2.05, 4.69) is 5.10 Å². The molecule has 0 bridgehead atoms. The highest BCUT2D eigenvalue weighted by Crippen LogP contribution is 2.17. The van der Waals surface area contributed by atoms with Gasteiger partial charge in [0.25, 0.3) is 0 Å². The molecule has 16 heavy (non-hydrogen) atoms. The lowest BCUT2D eigenvalue weighted by molar-refractivity contribution is 0.101. The van der Waals surface area contributed by atoms with E-state index >= 15 is 0 Å². The van der Waals surface area contributed by atoms with Gasteiger partial charge in [-0.1, -0.05) is 11.6 Å². The van der Waals surface area contributed by atoms with Crippen LogP contribution in [0.3, 0.4) is 0 Å². The van der Waals surface area contributed by atoms with Crippen molar-refractivity contribution in [2.24, 2.45) is 0 Å². The highest BCUT2D eigenvalue weighted by atomic mass is 35.5. The molecule has 0 aromatic carbocycles. The fraction of sp³-hybridized carbons (Fsp3) is 0.600. The van der Waals surface area contributed by atoms with Crippen molar-refractivity contribution < 1.29 is 4.79 Å². The molecular formula is C10H16ClN3OS. The largest absolute Gasteiger partial charge is 0.308 e. The first-order chi connectivity index (χ1) is 7.56. The number of carbonyl (C=O) groups is 1. The van der Waals surface area contributed by atoms with E-state index < -0.39 is 0 Å². The van der Waals surface area contributed by atoms with Crippen LogP contribution in [0.5, 0.6) is 0 Å². The SMILES string of the molecule is CSCC(=O)c1c(Cl)cnn1CCN(C)C. The lowest BCUT2D eigenvalue weighted by atomic mass is 10.3. The van der Waals surface area contributed by atoms with Crippen molar-refractivity contribution in [1.29, 1.82) is 0 Å². The van der Waals surface area contributed by atoms with Crippen molar-refractivity contribution in [3.8, 4) is 0 Å². The van der Waals surface area contributed by atoms with Gasteiger partial charge in [0.2, 0.25) is 0 Å². The van der Waals surface area contributed by atoms with E-state index in [1.807, 2.05) is 25.3 Å². The van der Waals surface area contributed by atoms with Crippen LogP contribution >= 0.6 is 23.4 Å². The predicted molar refractivity (Wildman–Crippen MR) is 68.5 cm³/mol. The Morgan fingerprint density at radius 3 is 2.88 bits per heavy atom. The van der Waals surface area contributed by atoms with Crippen LogP contribution in [0.15, 0.2) is 6.20 Å². The summed E-state index contributed by atoms with van der Waals surface area (Å²) >= 11 is 7.45. The van der Waals surface area contributed by atoms with E-state index in [0.29, 0.717) is 23.0 Å². The number of carbonyl (C=O) groups excluding carboxylic acids is 1. The lowest BCUT2D eigenvalue weighted by Gasteiger charge is -2.11. The monoisotopic (exact) mass is 261 g/mol. The van der Waals surface area contributed by atoms with Gasteiger partial charge in [-0.25, -0.2) is 0 Å². The Labute approximate surface area is 105 Å². The normalized spacial score (nSPS) is 11.1. The second-order valence-corrected chi connectivity index (χ2v) is 5.00. The summed E-state index contributed by atoms with van der Waals surface area (Å²) in [6, 6.07) is 0. The summed E-state index contributed by atoms with van der Waals surface area (Å²) in [6.45, 7) is 1.51. The molecule has 0 unspecified atom stereocenters. The second-order valence-electron chi connectivity index (χ2n) is 3.72. The Bertz CT molecular complexity index is 365. The van der Waals surface area contributed by atoms with E-state index in [0.717, 1.165) is 6.54 Å². The topological polar surface area (TPSA) is 38.1 Å². The van der Waals surface area contributed by atoms with Crippen LogP contribution in [0, 0.1) is 0 Å². The average molecular weight is 262 g/mol. The molecule has 0 spiro atoms. The first kappa shape index (κ1) is 13.5. The van der Waals surface area contributed by atoms with Gasteiger partial charge in [-0.2, -0.15) is 16.9 Å². The zero-order valence-electron chi connectivity index (χ0n) is 9.73. The van der Waals surface area contributed by atoms with Crippen molar-refractivity contribution in [3.63, 3.8) is 0 Å². The number of halogens is 1. The summed E-state index contributed by atoms with van der Waals surface area (Å²) in [5, 5.41) is 4.56. The highest BCUT2D eigenvalue weighted by Gasteiger charge is 2.16. The molecule has 1 aromatic heterocycles. The van der Waals surface area contributed by atoms with Gasteiger partial charge in [-0.05, 0) is 20.4 Å². The quantitative estimate of drug-likeness (QED) is 0.730. The predicted octanol–water partition coefficient (Wildman–Crippen LogP) is 1.64. The molecule has 0 amide bonds. The smallest absolute Gasteiger partial charge is 0.192 e. The summed E-state index contributed by atoms with van der Waals surface area (Å²) < 4.78 is 1.68. The van der Waals surface area contributed by atoms with Crippen LogP contribution < -0.4 is 0 Å². The molecular weight excluding hydrogens is 246 g/mol. The van der Waals surface area contributed by atoms with Crippen molar-refractivity contribution >= 4 is 29.1 Å². The number of aromatic nitrogens is 2. The number of hydrogen-bond acceptors (Lipinski definition) is 4. The Hall–Kier alpha value is -0.520. The van der Waals surface area contributed by atoms with E-state index in [-0.39, 0.29) is 5.78 Å². The molecule has 6 heteroatoms. The van der Waals surface area contributed by atoms with Crippen molar-refractivity contribution in [1.82, 2.24) is 14.7 Å². The minimum absolute atomic E-state index is 0.0359. The summed E-state index contributed by atoms with van der Waals surface area (Å²) in [5.74, 6) is 0.474. The summed E-state index contributed by atoms with van der Waals surface area (Å²) in [5.41, 5.74) is 0.526. The summed E-state index contributed by atoms with van der Waals surface area (Å²) in [4.78, 5) is 13.9. The minimum Gasteiger partial charge on any atom is -0.308 e. The van der Waals surface area contributed by atoms with Gasteiger partial charge < -0.3 is 4.90 Å². The fourth-order valence-corrected chi connectivity index (χ4v) is 1.95. The van der Waals surface area contributed by atoms with Crippen LogP contribution in [-0.4, -0.2) is 53.1 Å². The fourth-order valence-electron chi connectivity index (χ4n) is 1.30. The third-order valence-electron chi connectivity index (χ3n) is 2.09. The van der Waals surface area contributed by atoms with Crippen molar-refractivity contribution in [2.45, 2.75) is 6.54 Å². The molecule has 0 aliphatic carbocycles. The number of thioether (sulfide) groups is 1. The summed E-state index contributed by atoms with van der Waals surface area (Å²) in [7, 11) is 3.96. The molecule has 90 valence electrons. The Balaban J connectivity index is 2.81. The third kappa shape index (κ3) is 3.50. The van der Waals surface area contributed by atoms with Gasteiger partial charge in [-0.15, -0.1) is 0 Å². The standard InChI is InChI=1S/C10H16ClN3OS/c1-13(2)4-5-14-10(8(11)6-12-14)9(15)7-16-3/h6H,4-5,7H2,1-3H3. The zero-order valence-corrected chi connectivity index (χ0v) is 11.3. The van der Waals surface area contributed by atoms with Crippen molar-refractivity contribution in [3.05, 3.63) is 16.9 Å². The highest BCUT2D eigenvalue weighted by molar-refractivity contribution is 7.99. The molecule has 0 saturated carbocycles. The van der Waals surface area contributed by atoms with E-state index in [1.165, 1.54) is 18.0 Å². The number of nitrogens with zero attached hydrogens (tertiary/aromatic N) is 3. The number of likely N-dealkylation sites (N-methyl/N-ethyl adjacent to an activating group) is 1. The lowest BCUT2D eigenvalue weighted by Crippen LogP contribution is -2.22. The minimum atomic E-state index is 0.0359. The van der Waals surface area contributed by atoms with E-state index in [1.54, 1.807) is 4.68 Å². The van der Waals surface area contributed by atoms with Gasteiger partial charge in [0, 0.05) is 6.54 Å². The van der Waals surface area contributed by atoms with Crippen LogP contribution in [0.4, 0.5) is 0 Å². The maximum Gasteiger partial charge on any atom is 0.192 e. The number of Topliss-reactive ketones (excluding diaryl/α,β-unsaturated/α-hetero) is 1. The first-order valence-corrected chi connectivity index (χ1v) is 6.71. The van der Waals surface area contributed by atoms with Gasteiger partial charge in [-0.3, -0.25) is 9.48 Å². The Kier molecular flexibility index (Phi) is 5.31. The van der Waals surface area contributed by atoms with Gasteiger partial charge in [0.05, 0.1) is 23.5 Å². The molecule has 1 rings (SSSR count). The van der Waals surface area contributed by atoms with E-state index in [9.17, 15) is 4.79 Å². The first-order valence-electron chi connectivity index (χ1n) is 4.94. The Morgan fingerprint density at radius 2 is 2.31 bits per heavy atom. The van der Waals surface area contributed by atoms with Crippen molar-refractivity contribution in [2.75, 3.05) is 32.6 Å². The molecule has 1 heterocycles.